The van der Waals surface area contributed by atoms with Crippen LogP contribution < -0.4 is 11.1 Å². The minimum absolute atomic E-state index is 0.294. The van der Waals surface area contributed by atoms with Gasteiger partial charge in [-0.3, -0.25) is 4.57 Å². The molecular formula is C12H14N2O2. The Balaban J connectivity index is 2.00. The van der Waals surface area contributed by atoms with Crippen LogP contribution >= 0.6 is 0 Å². The van der Waals surface area contributed by atoms with Crippen LogP contribution in [0.2, 0.25) is 0 Å². The van der Waals surface area contributed by atoms with E-state index in [-0.39, 0.29) is 5.76 Å². The van der Waals surface area contributed by atoms with Crippen molar-refractivity contribution in [1.29, 1.82) is 0 Å². The normalized spacial score (nSPS) is 16.6. The Hall–Kier alpha value is -1.55. The molecule has 0 amide bonds. The summed E-state index contributed by atoms with van der Waals surface area (Å²) < 4.78 is 6.65. The first kappa shape index (κ1) is 9.66. The smallest absolute Gasteiger partial charge is 0.408 e. The molecule has 0 atom stereocenters. The first-order valence-corrected chi connectivity index (χ1v) is 5.53. The Morgan fingerprint density at radius 2 is 2.31 bits per heavy atom. The lowest BCUT2D eigenvalue weighted by atomic mass is 9.94. The zero-order valence-corrected chi connectivity index (χ0v) is 9.19. The molecule has 0 radical (unpaired) electrons. The zero-order valence-electron chi connectivity index (χ0n) is 9.19. The molecule has 16 heavy (non-hydrogen) atoms. The molecule has 1 aliphatic rings. The van der Waals surface area contributed by atoms with Crippen LogP contribution in [-0.2, 0) is 13.5 Å². The maximum absolute atomic E-state index is 11.3. The number of aryl methyl sites for hydroxylation is 1. The molecule has 1 N–H and O–H groups in total. The van der Waals surface area contributed by atoms with Crippen LogP contribution in [0, 0.1) is 5.92 Å². The second-order valence-electron chi connectivity index (χ2n) is 4.46. The fraction of sp³-hybridized carbons (Fsp3) is 0.417. The van der Waals surface area contributed by atoms with Gasteiger partial charge in [-0.1, -0.05) is 6.07 Å². The number of nitrogens with one attached hydrogen (secondary N) is 1. The third-order valence-electron chi connectivity index (χ3n) is 3.25. The number of hydrogen-bond acceptors (Lipinski definition) is 3. The second-order valence-corrected chi connectivity index (χ2v) is 4.46. The van der Waals surface area contributed by atoms with E-state index in [9.17, 15) is 4.79 Å². The summed E-state index contributed by atoms with van der Waals surface area (Å²) in [6.07, 6.45) is 1.07. The van der Waals surface area contributed by atoms with E-state index in [0.29, 0.717) is 5.58 Å². The Kier molecular flexibility index (Phi) is 2.11. The number of rotatable bonds is 2. The van der Waals surface area contributed by atoms with Gasteiger partial charge in [0.2, 0.25) is 0 Å². The fourth-order valence-corrected chi connectivity index (χ4v) is 2.13. The molecular weight excluding hydrogens is 204 g/mol. The summed E-state index contributed by atoms with van der Waals surface area (Å²) in [7, 11) is 1.74. The lowest BCUT2D eigenvalue weighted by Crippen LogP contribution is -2.43. The molecule has 1 aliphatic heterocycles. The summed E-state index contributed by atoms with van der Waals surface area (Å²) in [5.74, 6) is 0.443. The van der Waals surface area contributed by atoms with Crippen molar-refractivity contribution in [2.45, 2.75) is 6.42 Å². The molecule has 1 aromatic heterocycles. The van der Waals surface area contributed by atoms with Crippen molar-refractivity contribution < 1.29 is 4.42 Å². The average Bonchev–Trinajstić information content (AvgIpc) is 2.50. The van der Waals surface area contributed by atoms with E-state index in [2.05, 4.69) is 11.4 Å². The van der Waals surface area contributed by atoms with Crippen molar-refractivity contribution in [2.24, 2.45) is 13.0 Å². The molecule has 1 aromatic carbocycles. The van der Waals surface area contributed by atoms with Crippen LogP contribution in [-0.4, -0.2) is 17.7 Å². The zero-order chi connectivity index (χ0) is 11.1. The molecule has 84 valence electrons. The minimum Gasteiger partial charge on any atom is -0.408 e. The molecule has 2 heterocycles. The van der Waals surface area contributed by atoms with Gasteiger partial charge in [0.05, 0.1) is 5.52 Å². The Morgan fingerprint density at radius 3 is 3.00 bits per heavy atom. The van der Waals surface area contributed by atoms with Gasteiger partial charge in [-0.2, -0.15) is 0 Å². The predicted octanol–water partition coefficient (Wildman–Crippen LogP) is 0.893. The molecule has 2 aromatic rings. The van der Waals surface area contributed by atoms with E-state index in [1.165, 1.54) is 5.56 Å². The maximum Gasteiger partial charge on any atom is 0.419 e. The molecule has 4 nitrogen and oxygen atoms in total. The van der Waals surface area contributed by atoms with Crippen molar-refractivity contribution in [3.8, 4) is 0 Å². The SMILES string of the molecule is Cn1c(=O)oc2ccc(CC3CNC3)cc21. The lowest BCUT2D eigenvalue weighted by Gasteiger charge is -2.27. The molecule has 1 saturated heterocycles. The van der Waals surface area contributed by atoms with E-state index in [4.69, 9.17) is 4.42 Å². The van der Waals surface area contributed by atoms with E-state index in [0.717, 1.165) is 30.9 Å². The minimum atomic E-state index is -0.294. The number of benzene rings is 1. The molecule has 0 bridgehead atoms. The third-order valence-corrected chi connectivity index (χ3v) is 3.25. The fourth-order valence-electron chi connectivity index (χ4n) is 2.13. The lowest BCUT2D eigenvalue weighted by molar-refractivity contribution is 0.346. The quantitative estimate of drug-likeness (QED) is 0.814. The van der Waals surface area contributed by atoms with Crippen LogP contribution in [0.15, 0.2) is 27.4 Å². The standard InChI is InChI=1S/C12H14N2O2/c1-14-10-5-8(4-9-6-13-7-9)2-3-11(10)16-12(14)15/h2-3,5,9,13H,4,6-7H2,1H3. The predicted molar refractivity (Wildman–Crippen MR) is 61.5 cm³/mol. The van der Waals surface area contributed by atoms with Crippen LogP contribution in [0.25, 0.3) is 11.1 Å². The number of hydrogen-bond donors (Lipinski definition) is 1. The molecule has 0 saturated carbocycles. The van der Waals surface area contributed by atoms with Crippen LogP contribution in [0.1, 0.15) is 5.56 Å². The van der Waals surface area contributed by atoms with Gasteiger partial charge in [0.1, 0.15) is 0 Å². The van der Waals surface area contributed by atoms with Crippen LogP contribution in [0.4, 0.5) is 0 Å². The average molecular weight is 218 g/mol. The number of fused-ring (bicyclic) bond motifs is 1. The highest BCUT2D eigenvalue weighted by Gasteiger charge is 2.17. The Morgan fingerprint density at radius 1 is 1.50 bits per heavy atom. The summed E-state index contributed by atoms with van der Waals surface area (Å²) in [5, 5.41) is 3.26. The van der Waals surface area contributed by atoms with Crippen molar-refractivity contribution in [2.75, 3.05) is 13.1 Å². The maximum atomic E-state index is 11.3. The number of oxazole rings is 1. The van der Waals surface area contributed by atoms with Gasteiger partial charge in [-0.05, 0) is 43.1 Å². The summed E-state index contributed by atoms with van der Waals surface area (Å²) in [4.78, 5) is 11.3. The van der Waals surface area contributed by atoms with Crippen molar-refractivity contribution in [3.63, 3.8) is 0 Å². The summed E-state index contributed by atoms with van der Waals surface area (Å²) in [6.45, 7) is 2.20. The second kappa shape index (κ2) is 3.49. The number of aromatic nitrogens is 1. The molecule has 3 rings (SSSR count). The van der Waals surface area contributed by atoms with Crippen LogP contribution in [0.3, 0.4) is 0 Å². The molecule has 0 spiro atoms. The summed E-state index contributed by atoms with van der Waals surface area (Å²) in [5.41, 5.74) is 2.83. The third kappa shape index (κ3) is 1.46. The molecule has 1 fully saturated rings. The van der Waals surface area contributed by atoms with E-state index < -0.39 is 0 Å². The monoisotopic (exact) mass is 218 g/mol. The Bertz CT molecular complexity index is 578. The van der Waals surface area contributed by atoms with Gasteiger partial charge in [0.25, 0.3) is 0 Å². The van der Waals surface area contributed by atoms with E-state index in [1.807, 2.05) is 12.1 Å². The molecule has 4 heteroatoms. The highest BCUT2D eigenvalue weighted by Crippen LogP contribution is 2.18. The topological polar surface area (TPSA) is 47.2 Å². The van der Waals surface area contributed by atoms with Gasteiger partial charge in [0.15, 0.2) is 5.58 Å². The summed E-state index contributed by atoms with van der Waals surface area (Å²) >= 11 is 0. The number of nitrogens with zero attached hydrogens (tertiary/aromatic N) is 1. The molecule has 0 aliphatic carbocycles. The summed E-state index contributed by atoms with van der Waals surface area (Å²) in [6, 6.07) is 5.99. The van der Waals surface area contributed by atoms with Gasteiger partial charge >= 0.3 is 5.76 Å². The van der Waals surface area contributed by atoms with Gasteiger partial charge in [-0.15, -0.1) is 0 Å². The first-order chi connectivity index (χ1) is 7.74. The van der Waals surface area contributed by atoms with E-state index in [1.54, 1.807) is 11.6 Å². The van der Waals surface area contributed by atoms with Crippen molar-refractivity contribution in [3.05, 3.63) is 34.3 Å². The van der Waals surface area contributed by atoms with Crippen molar-refractivity contribution >= 4 is 11.1 Å². The highest BCUT2D eigenvalue weighted by atomic mass is 16.4. The molecule has 0 unspecified atom stereocenters. The van der Waals surface area contributed by atoms with Gasteiger partial charge in [0, 0.05) is 7.05 Å². The van der Waals surface area contributed by atoms with Crippen molar-refractivity contribution in [1.82, 2.24) is 9.88 Å². The van der Waals surface area contributed by atoms with E-state index >= 15 is 0 Å². The van der Waals surface area contributed by atoms with Gasteiger partial charge < -0.3 is 9.73 Å². The van der Waals surface area contributed by atoms with Gasteiger partial charge in [-0.25, -0.2) is 4.79 Å². The first-order valence-electron chi connectivity index (χ1n) is 5.53. The van der Waals surface area contributed by atoms with Crippen LogP contribution in [0.5, 0.6) is 0 Å². The largest absolute Gasteiger partial charge is 0.419 e. The highest BCUT2D eigenvalue weighted by molar-refractivity contribution is 5.73. The Labute approximate surface area is 92.9 Å².